The minimum absolute atomic E-state index is 0.298. The lowest BCUT2D eigenvalue weighted by Crippen LogP contribution is -2.12. The number of rotatable bonds is 3. The fourth-order valence-electron chi connectivity index (χ4n) is 2.16. The molecule has 2 rings (SSSR count). The van der Waals surface area contributed by atoms with Gasteiger partial charge in [-0.05, 0) is 51.5 Å². The molecule has 0 saturated heterocycles. The van der Waals surface area contributed by atoms with Crippen LogP contribution in [0.3, 0.4) is 0 Å². The predicted molar refractivity (Wildman–Crippen MR) is 71.8 cm³/mol. The fraction of sp³-hybridized carbons (Fsp3) is 0.538. The first-order valence-corrected chi connectivity index (χ1v) is 6.67. The van der Waals surface area contributed by atoms with Crippen LogP contribution in [0.4, 0.5) is 0 Å². The van der Waals surface area contributed by atoms with Crippen molar-refractivity contribution in [2.45, 2.75) is 32.6 Å². The molecule has 0 amide bonds. The van der Waals surface area contributed by atoms with Gasteiger partial charge < -0.3 is 15.2 Å². The van der Waals surface area contributed by atoms with Crippen molar-refractivity contribution in [3.05, 3.63) is 21.7 Å². The van der Waals surface area contributed by atoms with Crippen molar-refractivity contribution in [2.24, 2.45) is 5.73 Å². The number of ether oxygens (including phenoxy) is 2. The SMILES string of the molecule is CC(C)c1c(C(C)CN)cc2c(c1Br)OCO2. The highest BCUT2D eigenvalue weighted by Gasteiger charge is 2.25. The summed E-state index contributed by atoms with van der Waals surface area (Å²) < 4.78 is 12.0. The Hall–Kier alpha value is -0.740. The van der Waals surface area contributed by atoms with E-state index in [1.54, 1.807) is 0 Å². The molecule has 1 atom stereocenters. The van der Waals surface area contributed by atoms with Crippen LogP contribution in [0.25, 0.3) is 0 Å². The van der Waals surface area contributed by atoms with E-state index in [1.807, 2.05) is 0 Å². The summed E-state index contributed by atoms with van der Waals surface area (Å²) in [6, 6.07) is 2.07. The molecule has 1 aromatic rings. The Morgan fingerprint density at radius 3 is 2.65 bits per heavy atom. The van der Waals surface area contributed by atoms with Crippen molar-refractivity contribution in [3.63, 3.8) is 0 Å². The normalized spacial score (nSPS) is 15.4. The van der Waals surface area contributed by atoms with Gasteiger partial charge in [0.25, 0.3) is 0 Å². The Morgan fingerprint density at radius 1 is 1.35 bits per heavy atom. The fourth-order valence-corrected chi connectivity index (χ4v) is 3.15. The average molecular weight is 300 g/mol. The van der Waals surface area contributed by atoms with Crippen LogP contribution >= 0.6 is 15.9 Å². The van der Waals surface area contributed by atoms with Gasteiger partial charge in [0.15, 0.2) is 11.5 Å². The van der Waals surface area contributed by atoms with Crippen molar-refractivity contribution < 1.29 is 9.47 Å². The molecule has 3 nitrogen and oxygen atoms in total. The molecule has 0 aliphatic carbocycles. The van der Waals surface area contributed by atoms with Crippen LogP contribution in [0.2, 0.25) is 0 Å². The van der Waals surface area contributed by atoms with Crippen LogP contribution < -0.4 is 15.2 Å². The second kappa shape index (κ2) is 4.86. The molecular formula is C13H18BrNO2. The van der Waals surface area contributed by atoms with Gasteiger partial charge in [0.2, 0.25) is 6.79 Å². The molecule has 2 N–H and O–H groups in total. The van der Waals surface area contributed by atoms with Gasteiger partial charge in [0.05, 0.1) is 4.47 Å². The van der Waals surface area contributed by atoms with Crippen molar-refractivity contribution in [1.29, 1.82) is 0 Å². The second-order valence-corrected chi connectivity index (χ2v) is 5.51. The molecule has 1 unspecified atom stereocenters. The van der Waals surface area contributed by atoms with Crippen LogP contribution in [0.5, 0.6) is 11.5 Å². The third-order valence-electron chi connectivity index (χ3n) is 3.14. The monoisotopic (exact) mass is 299 g/mol. The summed E-state index contributed by atoms with van der Waals surface area (Å²) in [5.74, 6) is 2.37. The maximum absolute atomic E-state index is 5.78. The van der Waals surface area contributed by atoms with Gasteiger partial charge in [-0.3, -0.25) is 0 Å². The zero-order valence-electron chi connectivity index (χ0n) is 10.4. The quantitative estimate of drug-likeness (QED) is 0.931. The lowest BCUT2D eigenvalue weighted by atomic mass is 9.89. The third kappa shape index (κ3) is 2.16. The molecule has 1 heterocycles. The summed E-state index contributed by atoms with van der Waals surface area (Å²) in [6.45, 7) is 7.41. The summed E-state index contributed by atoms with van der Waals surface area (Å²) in [5, 5.41) is 0. The Bertz CT molecular complexity index is 432. The summed E-state index contributed by atoms with van der Waals surface area (Å²) in [6.07, 6.45) is 0. The van der Waals surface area contributed by atoms with Crippen LogP contribution in [-0.4, -0.2) is 13.3 Å². The molecule has 0 aromatic heterocycles. The first-order chi connectivity index (χ1) is 8.06. The zero-order chi connectivity index (χ0) is 12.6. The Morgan fingerprint density at radius 2 is 2.06 bits per heavy atom. The Balaban J connectivity index is 2.61. The molecule has 1 aliphatic rings. The van der Waals surface area contributed by atoms with Crippen LogP contribution in [0.1, 0.15) is 43.7 Å². The Kier molecular flexibility index (Phi) is 3.64. The van der Waals surface area contributed by atoms with Crippen LogP contribution in [0, 0.1) is 0 Å². The highest BCUT2D eigenvalue weighted by atomic mass is 79.9. The molecule has 94 valence electrons. The van der Waals surface area contributed by atoms with Gasteiger partial charge in [-0.2, -0.15) is 0 Å². The van der Waals surface area contributed by atoms with Crippen molar-refractivity contribution >= 4 is 15.9 Å². The molecule has 0 spiro atoms. The molecule has 4 heteroatoms. The molecule has 0 fully saturated rings. The van der Waals surface area contributed by atoms with E-state index in [4.69, 9.17) is 15.2 Å². The first kappa shape index (κ1) is 12.7. The van der Waals surface area contributed by atoms with E-state index in [2.05, 4.69) is 42.8 Å². The third-order valence-corrected chi connectivity index (χ3v) is 3.92. The van der Waals surface area contributed by atoms with E-state index in [-0.39, 0.29) is 0 Å². The highest BCUT2D eigenvalue weighted by Crippen LogP contribution is 2.46. The maximum Gasteiger partial charge on any atom is 0.231 e. The largest absolute Gasteiger partial charge is 0.454 e. The van der Waals surface area contributed by atoms with Crippen molar-refractivity contribution in [1.82, 2.24) is 0 Å². The van der Waals surface area contributed by atoms with E-state index in [9.17, 15) is 0 Å². The summed E-state index contributed by atoms with van der Waals surface area (Å²) in [5.41, 5.74) is 8.30. The minimum Gasteiger partial charge on any atom is -0.454 e. The predicted octanol–water partition coefficient (Wildman–Crippen LogP) is 3.36. The summed E-state index contributed by atoms with van der Waals surface area (Å²) >= 11 is 3.64. The van der Waals surface area contributed by atoms with Crippen LogP contribution in [-0.2, 0) is 0 Å². The molecule has 0 bridgehead atoms. The average Bonchev–Trinajstić information content (AvgIpc) is 2.75. The molecular weight excluding hydrogens is 282 g/mol. The van der Waals surface area contributed by atoms with Gasteiger partial charge in [-0.1, -0.05) is 20.8 Å². The number of hydrogen-bond donors (Lipinski definition) is 1. The second-order valence-electron chi connectivity index (χ2n) is 4.72. The van der Waals surface area contributed by atoms with E-state index < -0.39 is 0 Å². The standard InChI is InChI=1S/C13H18BrNO2/c1-7(2)11-9(8(3)5-15)4-10-13(12(11)14)17-6-16-10/h4,7-8H,5-6,15H2,1-3H3. The van der Waals surface area contributed by atoms with Gasteiger partial charge in [-0.15, -0.1) is 0 Å². The summed E-state index contributed by atoms with van der Waals surface area (Å²) in [4.78, 5) is 0. The van der Waals surface area contributed by atoms with E-state index in [0.29, 0.717) is 25.2 Å². The molecule has 1 aliphatic heterocycles. The minimum atomic E-state index is 0.298. The van der Waals surface area contributed by atoms with Gasteiger partial charge in [-0.25, -0.2) is 0 Å². The lowest BCUT2D eigenvalue weighted by molar-refractivity contribution is 0.173. The molecule has 0 saturated carbocycles. The van der Waals surface area contributed by atoms with Crippen molar-refractivity contribution in [3.8, 4) is 11.5 Å². The van der Waals surface area contributed by atoms with Crippen LogP contribution in [0.15, 0.2) is 10.5 Å². The first-order valence-electron chi connectivity index (χ1n) is 5.88. The topological polar surface area (TPSA) is 44.5 Å². The van der Waals surface area contributed by atoms with E-state index in [1.165, 1.54) is 11.1 Å². The molecule has 17 heavy (non-hydrogen) atoms. The van der Waals surface area contributed by atoms with E-state index in [0.717, 1.165) is 16.0 Å². The van der Waals surface area contributed by atoms with E-state index >= 15 is 0 Å². The van der Waals surface area contributed by atoms with Gasteiger partial charge >= 0.3 is 0 Å². The lowest BCUT2D eigenvalue weighted by Gasteiger charge is -2.20. The van der Waals surface area contributed by atoms with Gasteiger partial charge in [0.1, 0.15) is 0 Å². The maximum atomic E-state index is 5.78. The number of fused-ring (bicyclic) bond motifs is 1. The molecule has 0 radical (unpaired) electrons. The number of halogens is 1. The number of nitrogens with two attached hydrogens (primary N) is 1. The molecule has 1 aromatic carbocycles. The van der Waals surface area contributed by atoms with Gasteiger partial charge in [0, 0.05) is 0 Å². The number of hydrogen-bond acceptors (Lipinski definition) is 3. The smallest absolute Gasteiger partial charge is 0.231 e. The zero-order valence-corrected chi connectivity index (χ0v) is 12.0. The Labute approximate surface area is 110 Å². The number of benzene rings is 1. The van der Waals surface area contributed by atoms with Crippen molar-refractivity contribution in [2.75, 3.05) is 13.3 Å². The highest BCUT2D eigenvalue weighted by molar-refractivity contribution is 9.10. The summed E-state index contributed by atoms with van der Waals surface area (Å²) in [7, 11) is 0.